The second-order valence-electron chi connectivity index (χ2n) is 5.76. The Morgan fingerprint density at radius 3 is 2.95 bits per heavy atom. The maximum Gasteiger partial charge on any atom is 0.337 e. The SMILES string of the molecule is CC1CN2CCCC2CN1c1ccc(F)cc1C(=O)O. The fourth-order valence-corrected chi connectivity index (χ4v) is 3.45. The summed E-state index contributed by atoms with van der Waals surface area (Å²) >= 11 is 0. The predicted octanol–water partition coefficient (Wildman–Crippen LogP) is 2.20. The molecule has 1 N–H and O–H groups in total. The number of hydrogen-bond donors (Lipinski definition) is 1. The van der Waals surface area contributed by atoms with Crippen LogP contribution in [0.15, 0.2) is 18.2 Å². The molecule has 0 spiro atoms. The molecule has 0 bridgehead atoms. The van der Waals surface area contributed by atoms with Crippen molar-refractivity contribution in [2.45, 2.75) is 31.8 Å². The van der Waals surface area contributed by atoms with Crippen molar-refractivity contribution < 1.29 is 14.3 Å². The van der Waals surface area contributed by atoms with Crippen molar-refractivity contribution in [2.75, 3.05) is 24.5 Å². The van der Waals surface area contributed by atoms with Crippen LogP contribution < -0.4 is 4.90 Å². The highest BCUT2D eigenvalue weighted by molar-refractivity contribution is 5.94. The zero-order valence-corrected chi connectivity index (χ0v) is 11.6. The van der Waals surface area contributed by atoms with Gasteiger partial charge in [0.1, 0.15) is 5.82 Å². The number of anilines is 1. The summed E-state index contributed by atoms with van der Waals surface area (Å²) < 4.78 is 13.3. The van der Waals surface area contributed by atoms with Gasteiger partial charge in [0, 0.05) is 25.2 Å². The van der Waals surface area contributed by atoms with Crippen LogP contribution >= 0.6 is 0 Å². The van der Waals surface area contributed by atoms with Crippen molar-refractivity contribution in [1.29, 1.82) is 0 Å². The zero-order chi connectivity index (χ0) is 14.3. The topological polar surface area (TPSA) is 43.8 Å². The number of carbonyl (C=O) groups is 1. The van der Waals surface area contributed by atoms with Gasteiger partial charge < -0.3 is 10.0 Å². The number of halogens is 1. The van der Waals surface area contributed by atoms with E-state index in [-0.39, 0.29) is 11.6 Å². The molecule has 0 aliphatic carbocycles. The van der Waals surface area contributed by atoms with Crippen LogP contribution in [0.25, 0.3) is 0 Å². The second kappa shape index (κ2) is 5.05. The van der Waals surface area contributed by atoms with E-state index in [0.717, 1.165) is 32.1 Å². The van der Waals surface area contributed by atoms with Crippen molar-refractivity contribution >= 4 is 11.7 Å². The molecule has 1 aromatic carbocycles. The molecule has 108 valence electrons. The first-order chi connectivity index (χ1) is 9.56. The number of fused-ring (bicyclic) bond motifs is 1. The monoisotopic (exact) mass is 278 g/mol. The van der Waals surface area contributed by atoms with Crippen LogP contribution in [-0.2, 0) is 0 Å². The van der Waals surface area contributed by atoms with Gasteiger partial charge >= 0.3 is 5.97 Å². The van der Waals surface area contributed by atoms with Gasteiger partial charge in [0.15, 0.2) is 0 Å². The molecule has 3 rings (SSSR count). The van der Waals surface area contributed by atoms with E-state index < -0.39 is 11.8 Å². The third-order valence-electron chi connectivity index (χ3n) is 4.44. The highest BCUT2D eigenvalue weighted by Gasteiger charge is 2.35. The summed E-state index contributed by atoms with van der Waals surface area (Å²) in [6, 6.07) is 4.80. The number of hydrogen-bond acceptors (Lipinski definition) is 3. The molecule has 2 saturated heterocycles. The molecule has 2 fully saturated rings. The normalized spacial score (nSPS) is 26.6. The second-order valence-corrected chi connectivity index (χ2v) is 5.76. The Morgan fingerprint density at radius 1 is 1.40 bits per heavy atom. The van der Waals surface area contributed by atoms with Crippen LogP contribution in [-0.4, -0.2) is 47.7 Å². The summed E-state index contributed by atoms with van der Waals surface area (Å²) in [6.45, 7) is 5.01. The molecular formula is C15H19FN2O2. The third kappa shape index (κ3) is 2.26. The Bertz CT molecular complexity index is 535. The van der Waals surface area contributed by atoms with E-state index in [1.807, 2.05) is 0 Å². The molecule has 20 heavy (non-hydrogen) atoms. The maximum atomic E-state index is 13.3. The van der Waals surface area contributed by atoms with Crippen molar-refractivity contribution in [2.24, 2.45) is 0 Å². The van der Waals surface area contributed by atoms with Crippen molar-refractivity contribution in [1.82, 2.24) is 4.90 Å². The van der Waals surface area contributed by atoms with Crippen molar-refractivity contribution in [3.63, 3.8) is 0 Å². The standard InChI is InChI=1S/C15H19FN2O2/c1-10-8-17-6-2-3-12(17)9-18(10)14-5-4-11(16)7-13(14)15(19)20/h4-5,7,10,12H,2-3,6,8-9H2,1H3,(H,19,20). The lowest BCUT2D eigenvalue weighted by atomic mass is 10.0. The number of carboxylic acid groups (broad SMARTS) is 1. The van der Waals surface area contributed by atoms with Gasteiger partial charge in [-0.05, 0) is 44.5 Å². The van der Waals surface area contributed by atoms with Crippen LogP contribution in [0.5, 0.6) is 0 Å². The molecule has 0 radical (unpaired) electrons. The molecule has 2 unspecified atom stereocenters. The molecule has 1 aromatic rings. The fraction of sp³-hybridized carbons (Fsp3) is 0.533. The summed E-state index contributed by atoms with van der Waals surface area (Å²) in [6.07, 6.45) is 2.37. The van der Waals surface area contributed by atoms with E-state index in [4.69, 9.17) is 0 Å². The van der Waals surface area contributed by atoms with Gasteiger partial charge in [0.25, 0.3) is 0 Å². The molecule has 0 aromatic heterocycles. The Morgan fingerprint density at radius 2 is 2.20 bits per heavy atom. The van der Waals surface area contributed by atoms with E-state index in [1.54, 1.807) is 6.07 Å². The summed E-state index contributed by atoms with van der Waals surface area (Å²) in [7, 11) is 0. The maximum absolute atomic E-state index is 13.3. The number of aromatic carboxylic acids is 1. The number of benzene rings is 1. The lowest BCUT2D eigenvalue weighted by Crippen LogP contribution is -2.55. The minimum atomic E-state index is -1.07. The van der Waals surface area contributed by atoms with E-state index in [9.17, 15) is 14.3 Å². The molecule has 2 aliphatic rings. The smallest absolute Gasteiger partial charge is 0.337 e. The Labute approximate surface area is 117 Å². The lowest BCUT2D eigenvalue weighted by molar-refractivity contribution is 0.0696. The van der Waals surface area contributed by atoms with E-state index in [0.29, 0.717) is 11.7 Å². The molecule has 2 atom stereocenters. The van der Waals surface area contributed by atoms with Crippen molar-refractivity contribution in [3.8, 4) is 0 Å². The Hall–Kier alpha value is -1.62. The molecular weight excluding hydrogens is 259 g/mol. The third-order valence-corrected chi connectivity index (χ3v) is 4.44. The van der Waals surface area contributed by atoms with Crippen LogP contribution in [0, 0.1) is 5.82 Å². The Balaban J connectivity index is 1.93. The van der Waals surface area contributed by atoms with Gasteiger partial charge in [0.2, 0.25) is 0 Å². The highest BCUT2D eigenvalue weighted by Crippen LogP contribution is 2.31. The van der Waals surface area contributed by atoms with Gasteiger partial charge in [-0.3, -0.25) is 4.90 Å². The number of carboxylic acids is 1. The Kier molecular flexibility index (Phi) is 3.38. The van der Waals surface area contributed by atoms with E-state index in [1.165, 1.54) is 12.5 Å². The minimum absolute atomic E-state index is 0.0586. The summed E-state index contributed by atoms with van der Waals surface area (Å²) in [4.78, 5) is 15.9. The number of rotatable bonds is 2. The fourth-order valence-electron chi connectivity index (χ4n) is 3.45. The molecule has 0 saturated carbocycles. The van der Waals surface area contributed by atoms with Gasteiger partial charge in [0.05, 0.1) is 11.3 Å². The molecule has 0 amide bonds. The number of piperazine rings is 1. The van der Waals surface area contributed by atoms with E-state index >= 15 is 0 Å². The predicted molar refractivity (Wildman–Crippen MR) is 74.8 cm³/mol. The van der Waals surface area contributed by atoms with Crippen LogP contribution in [0.1, 0.15) is 30.1 Å². The first kappa shape index (κ1) is 13.4. The largest absolute Gasteiger partial charge is 0.478 e. The molecule has 2 aliphatic heterocycles. The van der Waals surface area contributed by atoms with Gasteiger partial charge in [-0.25, -0.2) is 9.18 Å². The molecule has 2 heterocycles. The van der Waals surface area contributed by atoms with Gasteiger partial charge in [-0.1, -0.05) is 0 Å². The van der Waals surface area contributed by atoms with Crippen LogP contribution in [0.3, 0.4) is 0 Å². The number of nitrogens with zero attached hydrogens (tertiary/aromatic N) is 2. The first-order valence-corrected chi connectivity index (χ1v) is 7.10. The van der Waals surface area contributed by atoms with Crippen molar-refractivity contribution in [3.05, 3.63) is 29.6 Å². The molecule has 5 heteroatoms. The van der Waals surface area contributed by atoms with Crippen LogP contribution in [0.4, 0.5) is 10.1 Å². The average Bonchev–Trinajstić information content (AvgIpc) is 2.85. The molecule has 4 nitrogen and oxygen atoms in total. The average molecular weight is 278 g/mol. The zero-order valence-electron chi connectivity index (χ0n) is 11.6. The van der Waals surface area contributed by atoms with Crippen LogP contribution in [0.2, 0.25) is 0 Å². The lowest BCUT2D eigenvalue weighted by Gasteiger charge is -2.44. The summed E-state index contributed by atoms with van der Waals surface area (Å²) in [5.74, 6) is -1.57. The van der Waals surface area contributed by atoms with Gasteiger partial charge in [-0.15, -0.1) is 0 Å². The summed E-state index contributed by atoms with van der Waals surface area (Å²) in [5.41, 5.74) is 0.696. The first-order valence-electron chi connectivity index (χ1n) is 7.10. The highest BCUT2D eigenvalue weighted by atomic mass is 19.1. The quantitative estimate of drug-likeness (QED) is 0.900. The van der Waals surface area contributed by atoms with E-state index in [2.05, 4.69) is 16.7 Å². The summed E-state index contributed by atoms with van der Waals surface area (Å²) in [5, 5.41) is 9.29. The minimum Gasteiger partial charge on any atom is -0.478 e. The van der Waals surface area contributed by atoms with Gasteiger partial charge in [-0.2, -0.15) is 0 Å².